The van der Waals surface area contributed by atoms with Crippen molar-refractivity contribution in [1.29, 1.82) is 0 Å². The number of piperidine rings is 1. The number of nitrogens with one attached hydrogen (secondary N) is 1. The number of nitrogens with zero attached hydrogens (tertiary/aromatic N) is 8. The van der Waals surface area contributed by atoms with E-state index in [4.69, 9.17) is 0 Å². The molecule has 174 valence electrons. The van der Waals surface area contributed by atoms with E-state index in [0.29, 0.717) is 0 Å². The Kier molecular flexibility index (Phi) is 4.71. The highest BCUT2D eigenvalue weighted by molar-refractivity contribution is 6.01. The second-order valence-electron chi connectivity index (χ2n) is 9.18. The minimum absolute atomic E-state index is 0.0948. The number of carbonyl (C=O) groups is 1. The maximum atomic E-state index is 11.6. The normalized spacial score (nSPS) is 21.8. The largest absolute Gasteiger partial charge is 0.465 e. The fraction of sp³-hybridized carbons (Fsp3) is 0.391. The molecule has 2 fully saturated rings. The number of aromatic nitrogens is 7. The maximum Gasteiger partial charge on any atom is 0.407 e. The van der Waals surface area contributed by atoms with Crippen molar-refractivity contribution in [1.82, 2.24) is 40.3 Å². The lowest BCUT2D eigenvalue weighted by atomic mass is 9.96. The Morgan fingerprint density at radius 1 is 1.06 bits per heavy atom. The molecule has 2 bridgehead atoms. The molecule has 3 atom stereocenters. The molecule has 11 heteroatoms. The zero-order valence-electron chi connectivity index (χ0n) is 19.0. The Bertz CT molecular complexity index is 1350. The van der Waals surface area contributed by atoms with Gasteiger partial charge in [-0.05, 0) is 43.9 Å². The third-order valence-electron chi connectivity index (χ3n) is 7.26. The third-order valence-corrected chi connectivity index (χ3v) is 7.26. The van der Waals surface area contributed by atoms with Crippen molar-refractivity contribution in [3.05, 3.63) is 36.7 Å². The maximum absolute atomic E-state index is 11.6. The lowest BCUT2D eigenvalue weighted by Crippen LogP contribution is -2.51. The van der Waals surface area contributed by atoms with Crippen LogP contribution in [0.4, 0.5) is 10.6 Å². The van der Waals surface area contributed by atoms with Gasteiger partial charge < -0.3 is 14.9 Å². The molecule has 34 heavy (non-hydrogen) atoms. The number of hydrogen-bond acceptors (Lipinski definition) is 7. The fourth-order valence-corrected chi connectivity index (χ4v) is 5.56. The Morgan fingerprint density at radius 2 is 1.82 bits per heavy atom. The topological polar surface area (TPSA) is 129 Å². The standard InChI is InChI=1S/C23H25N9O2/c1-30-12-20(26-29-30)16-5-6-17(22-18(16)11-24-28-22)19-7-8-21(27-25-19)31(2)15-9-13-3-4-14(10-15)32(13)23(33)34/h5-8,11-15H,3-4,9-10H2,1-2H3,(H,24,28)(H,33,34)/t13-,14+,15-. The van der Waals surface area contributed by atoms with Gasteiger partial charge in [-0.15, -0.1) is 15.3 Å². The van der Waals surface area contributed by atoms with Crippen LogP contribution in [-0.4, -0.2) is 76.7 Å². The first kappa shape index (κ1) is 20.6. The zero-order valence-corrected chi connectivity index (χ0v) is 19.0. The summed E-state index contributed by atoms with van der Waals surface area (Å²) < 4.78 is 1.67. The van der Waals surface area contributed by atoms with Crippen LogP contribution < -0.4 is 4.90 Å². The number of anilines is 1. The van der Waals surface area contributed by atoms with Crippen molar-refractivity contribution < 1.29 is 9.90 Å². The van der Waals surface area contributed by atoms with Gasteiger partial charge in [0.1, 0.15) is 5.69 Å². The molecule has 0 unspecified atom stereocenters. The SMILES string of the molecule is CN(c1ccc(-c2ccc(-c3cn(C)nn3)c3cn[nH]c23)nn1)[C@@H]1C[C@H]2CC[C@@H](C1)N2C(=O)O. The van der Waals surface area contributed by atoms with Gasteiger partial charge in [0.15, 0.2) is 5.82 Å². The van der Waals surface area contributed by atoms with Crippen LogP contribution in [0.25, 0.3) is 33.4 Å². The van der Waals surface area contributed by atoms with E-state index in [0.717, 1.165) is 64.9 Å². The van der Waals surface area contributed by atoms with Gasteiger partial charge in [0.2, 0.25) is 0 Å². The quantitative estimate of drug-likeness (QED) is 0.477. The van der Waals surface area contributed by atoms with Crippen LogP contribution in [0.2, 0.25) is 0 Å². The van der Waals surface area contributed by atoms with Gasteiger partial charge in [-0.3, -0.25) is 9.78 Å². The summed E-state index contributed by atoms with van der Waals surface area (Å²) in [6, 6.07) is 8.39. The first-order valence-electron chi connectivity index (χ1n) is 11.4. The lowest BCUT2D eigenvalue weighted by Gasteiger charge is -2.41. The first-order chi connectivity index (χ1) is 16.5. The molecule has 3 aromatic heterocycles. The summed E-state index contributed by atoms with van der Waals surface area (Å²) >= 11 is 0. The minimum atomic E-state index is -0.798. The van der Waals surface area contributed by atoms with Gasteiger partial charge in [-0.25, -0.2) is 4.79 Å². The number of hydrogen-bond donors (Lipinski definition) is 2. The van der Waals surface area contributed by atoms with Crippen LogP contribution in [0.5, 0.6) is 0 Å². The Hall–Kier alpha value is -4.02. The summed E-state index contributed by atoms with van der Waals surface area (Å²) in [5.41, 5.74) is 4.27. The van der Waals surface area contributed by atoms with Gasteiger partial charge in [-0.1, -0.05) is 11.3 Å². The second kappa shape index (κ2) is 7.79. The van der Waals surface area contributed by atoms with E-state index in [9.17, 15) is 9.90 Å². The smallest absolute Gasteiger partial charge is 0.407 e. The predicted octanol–water partition coefficient (Wildman–Crippen LogP) is 2.93. The summed E-state index contributed by atoms with van der Waals surface area (Å²) in [5.74, 6) is 0.786. The molecule has 1 amide bonds. The molecule has 2 N–H and O–H groups in total. The van der Waals surface area contributed by atoms with Gasteiger partial charge in [0, 0.05) is 48.7 Å². The number of H-pyrrole nitrogens is 1. The number of aromatic amines is 1. The number of benzene rings is 1. The van der Waals surface area contributed by atoms with Crippen molar-refractivity contribution >= 4 is 22.8 Å². The van der Waals surface area contributed by atoms with Gasteiger partial charge in [0.05, 0.1) is 23.6 Å². The second-order valence-corrected chi connectivity index (χ2v) is 9.18. The zero-order chi connectivity index (χ0) is 23.4. The van der Waals surface area contributed by atoms with Crippen LogP contribution in [0.15, 0.2) is 36.7 Å². The molecule has 0 spiro atoms. The first-order valence-corrected chi connectivity index (χ1v) is 11.4. The lowest BCUT2D eigenvalue weighted by molar-refractivity contribution is 0.0965. The third kappa shape index (κ3) is 3.27. The van der Waals surface area contributed by atoms with Crippen molar-refractivity contribution in [3.63, 3.8) is 0 Å². The van der Waals surface area contributed by atoms with E-state index in [-0.39, 0.29) is 18.1 Å². The molecule has 5 heterocycles. The van der Waals surface area contributed by atoms with Crippen molar-refractivity contribution in [2.75, 3.05) is 11.9 Å². The predicted molar refractivity (Wildman–Crippen MR) is 125 cm³/mol. The van der Waals surface area contributed by atoms with E-state index in [1.165, 1.54) is 0 Å². The molecule has 2 saturated heterocycles. The Labute approximate surface area is 195 Å². The molecular formula is C23H25N9O2. The summed E-state index contributed by atoms with van der Waals surface area (Å²) in [6.45, 7) is 0. The summed E-state index contributed by atoms with van der Waals surface area (Å²) in [7, 11) is 3.86. The van der Waals surface area contributed by atoms with Crippen LogP contribution >= 0.6 is 0 Å². The average molecular weight is 460 g/mol. The van der Waals surface area contributed by atoms with Crippen LogP contribution in [0.1, 0.15) is 25.7 Å². The highest BCUT2D eigenvalue weighted by Gasteiger charge is 2.44. The number of amides is 1. The van der Waals surface area contributed by atoms with Crippen molar-refractivity contribution in [3.8, 4) is 22.5 Å². The Balaban J connectivity index is 1.25. The number of aryl methyl sites for hydroxylation is 1. The average Bonchev–Trinajstić information content (AvgIpc) is 3.56. The summed E-state index contributed by atoms with van der Waals surface area (Å²) in [5, 5.41) is 35.1. The molecule has 2 aliphatic heterocycles. The summed E-state index contributed by atoms with van der Waals surface area (Å²) in [4.78, 5) is 15.4. The van der Waals surface area contributed by atoms with Gasteiger partial charge in [0.25, 0.3) is 0 Å². The molecule has 2 aliphatic rings. The molecule has 0 radical (unpaired) electrons. The molecule has 0 saturated carbocycles. The van der Waals surface area contributed by atoms with Crippen molar-refractivity contribution in [2.45, 2.75) is 43.8 Å². The molecule has 4 aromatic rings. The van der Waals surface area contributed by atoms with E-state index in [1.807, 2.05) is 44.6 Å². The van der Waals surface area contributed by atoms with E-state index < -0.39 is 6.09 Å². The van der Waals surface area contributed by atoms with Crippen LogP contribution in [0.3, 0.4) is 0 Å². The molecule has 1 aromatic carbocycles. The van der Waals surface area contributed by atoms with Gasteiger partial charge in [-0.2, -0.15) is 5.10 Å². The fourth-order valence-electron chi connectivity index (χ4n) is 5.56. The number of rotatable bonds is 4. The molecular weight excluding hydrogens is 434 g/mol. The summed E-state index contributed by atoms with van der Waals surface area (Å²) in [6.07, 6.45) is 6.39. The molecule has 0 aliphatic carbocycles. The molecule has 6 rings (SSSR count). The van der Waals surface area contributed by atoms with Crippen LogP contribution in [-0.2, 0) is 7.05 Å². The van der Waals surface area contributed by atoms with E-state index in [1.54, 1.807) is 15.8 Å². The van der Waals surface area contributed by atoms with Crippen LogP contribution in [0, 0.1) is 0 Å². The minimum Gasteiger partial charge on any atom is -0.465 e. The number of fused-ring (bicyclic) bond motifs is 3. The van der Waals surface area contributed by atoms with Gasteiger partial charge >= 0.3 is 6.09 Å². The highest BCUT2D eigenvalue weighted by Crippen LogP contribution is 2.38. The monoisotopic (exact) mass is 459 g/mol. The van der Waals surface area contributed by atoms with Crippen molar-refractivity contribution in [2.24, 2.45) is 7.05 Å². The highest BCUT2D eigenvalue weighted by atomic mass is 16.4. The van der Waals surface area contributed by atoms with E-state index >= 15 is 0 Å². The van der Waals surface area contributed by atoms with E-state index in [2.05, 4.69) is 35.6 Å². The number of carboxylic acid groups (broad SMARTS) is 1. The Morgan fingerprint density at radius 3 is 2.47 bits per heavy atom. The molecule has 11 nitrogen and oxygen atoms in total.